The Labute approximate surface area is 154 Å². The van der Waals surface area contributed by atoms with Gasteiger partial charge in [0.25, 0.3) is 5.91 Å². The van der Waals surface area contributed by atoms with Crippen molar-refractivity contribution in [3.05, 3.63) is 17.7 Å². The number of carbonyl (C=O) groups excluding carboxylic acids is 2. The number of hydrogen-bond donors (Lipinski definition) is 2. The van der Waals surface area contributed by atoms with Gasteiger partial charge in [-0.3, -0.25) is 9.59 Å². The molecule has 26 heavy (non-hydrogen) atoms. The molecule has 1 saturated heterocycles. The zero-order valence-corrected chi connectivity index (χ0v) is 16.0. The predicted molar refractivity (Wildman–Crippen MR) is 101 cm³/mol. The van der Waals surface area contributed by atoms with Crippen molar-refractivity contribution in [1.29, 1.82) is 0 Å². The van der Waals surface area contributed by atoms with E-state index in [9.17, 15) is 9.59 Å². The van der Waals surface area contributed by atoms with Gasteiger partial charge in [0.1, 0.15) is 0 Å². The van der Waals surface area contributed by atoms with Gasteiger partial charge in [-0.1, -0.05) is 6.92 Å². The first-order valence-corrected chi connectivity index (χ1v) is 9.00. The number of benzene rings is 1. The number of amides is 2. The standard InChI is InChI=1S/C19H29N3O4/c1-12(13(2)20)18(23)21-15-11-17(26-4)16(25-3)10-14(15)19(24)22-8-6-5-7-9-22/h10-13H,5-9,20H2,1-4H3,(H,21,23). The molecule has 0 aliphatic carbocycles. The van der Waals surface area contributed by atoms with Gasteiger partial charge in [-0.25, -0.2) is 0 Å². The second kappa shape index (κ2) is 8.89. The van der Waals surface area contributed by atoms with E-state index in [1.165, 1.54) is 14.2 Å². The van der Waals surface area contributed by atoms with Crippen molar-refractivity contribution < 1.29 is 19.1 Å². The maximum absolute atomic E-state index is 13.0. The van der Waals surface area contributed by atoms with Crippen LogP contribution in [0.1, 0.15) is 43.5 Å². The molecule has 1 aromatic rings. The molecule has 1 aliphatic heterocycles. The number of ether oxygens (including phenoxy) is 2. The third-order valence-corrected chi connectivity index (χ3v) is 4.86. The van der Waals surface area contributed by atoms with Crippen LogP contribution in [0.3, 0.4) is 0 Å². The van der Waals surface area contributed by atoms with Crippen LogP contribution in [0.2, 0.25) is 0 Å². The number of rotatable bonds is 6. The fourth-order valence-corrected chi connectivity index (χ4v) is 2.91. The van der Waals surface area contributed by atoms with Crippen molar-refractivity contribution in [2.24, 2.45) is 11.7 Å². The SMILES string of the molecule is COc1cc(NC(=O)C(C)C(C)N)c(C(=O)N2CCCCC2)cc1OC. The van der Waals surface area contributed by atoms with Crippen LogP contribution in [0.4, 0.5) is 5.69 Å². The maximum Gasteiger partial charge on any atom is 0.256 e. The van der Waals surface area contributed by atoms with Crippen LogP contribution in [0.25, 0.3) is 0 Å². The van der Waals surface area contributed by atoms with E-state index in [4.69, 9.17) is 15.2 Å². The second-order valence-electron chi connectivity index (χ2n) is 6.74. The molecule has 2 atom stereocenters. The highest BCUT2D eigenvalue weighted by Crippen LogP contribution is 2.34. The monoisotopic (exact) mass is 363 g/mol. The zero-order valence-electron chi connectivity index (χ0n) is 16.0. The summed E-state index contributed by atoms with van der Waals surface area (Å²) in [5.74, 6) is 0.160. The minimum absolute atomic E-state index is 0.116. The van der Waals surface area contributed by atoms with E-state index in [1.807, 2.05) is 4.90 Å². The number of nitrogens with one attached hydrogen (secondary N) is 1. The van der Waals surface area contributed by atoms with Crippen molar-refractivity contribution in [3.8, 4) is 11.5 Å². The van der Waals surface area contributed by atoms with Crippen molar-refractivity contribution in [3.63, 3.8) is 0 Å². The van der Waals surface area contributed by atoms with Gasteiger partial charge in [-0.05, 0) is 32.3 Å². The number of nitrogens with zero attached hydrogens (tertiary/aromatic N) is 1. The number of anilines is 1. The Morgan fingerprint density at radius 2 is 1.65 bits per heavy atom. The molecule has 1 aromatic carbocycles. The Kier molecular flexibility index (Phi) is 6.85. The van der Waals surface area contributed by atoms with Crippen LogP contribution in [-0.4, -0.2) is 50.1 Å². The van der Waals surface area contributed by atoms with Gasteiger partial charge in [0.05, 0.1) is 31.4 Å². The lowest BCUT2D eigenvalue weighted by molar-refractivity contribution is -0.119. The zero-order chi connectivity index (χ0) is 19.3. The van der Waals surface area contributed by atoms with Crippen LogP contribution >= 0.6 is 0 Å². The highest BCUT2D eigenvalue weighted by atomic mass is 16.5. The van der Waals surface area contributed by atoms with E-state index in [-0.39, 0.29) is 23.8 Å². The van der Waals surface area contributed by atoms with Gasteiger partial charge < -0.3 is 25.4 Å². The average Bonchev–Trinajstić information content (AvgIpc) is 2.66. The second-order valence-corrected chi connectivity index (χ2v) is 6.74. The van der Waals surface area contributed by atoms with E-state index >= 15 is 0 Å². The third-order valence-electron chi connectivity index (χ3n) is 4.86. The largest absolute Gasteiger partial charge is 0.493 e. The van der Waals surface area contributed by atoms with E-state index in [0.29, 0.717) is 22.7 Å². The van der Waals surface area contributed by atoms with Gasteiger partial charge in [-0.2, -0.15) is 0 Å². The minimum atomic E-state index is -0.388. The Morgan fingerprint density at radius 1 is 1.08 bits per heavy atom. The topological polar surface area (TPSA) is 93.9 Å². The molecule has 0 spiro atoms. The first-order chi connectivity index (χ1) is 12.4. The predicted octanol–water partition coefficient (Wildman–Crippen LogP) is 2.25. The Balaban J connectivity index is 2.39. The first-order valence-electron chi connectivity index (χ1n) is 9.00. The molecule has 1 fully saturated rings. The van der Waals surface area contributed by atoms with Gasteiger partial charge in [0.15, 0.2) is 11.5 Å². The fraction of sp³-hybridized carbons (Fsp3) is 0.579. The summed E-state index contributed by atoms with van der Waals surface area (Å²) >= 11 is 0. The average molecular weight is 363 g/mol. The van der Waals surface area contributed by atoms with Crippen LogP contribution < -0.4 is 20.5 Å². The maximum atomic E-state index is 13.0. The molecule has 0 aromatic heterocycles. The van der Waals surface area contributed by atoms with Crippen molar-refractivity contribution >= 4 is 17.5 Å². The lowest BCUT2D eigenvalue weighted by Gasteiger charge is -2.28. The summed E-state index contributed by atoms with van der Waals surface area (Å²) in [7, 11) is 3.03. The van der Waals surface area contributed by atoms with E-state index in [2.05, 4.69) is 5.32 Å². The summed E-state index contributed by atoms with van der Waals surface area (Å²) < 4.78 is 10.7. The summed E-state index contributed by atoms with van der Waals surface area (Å²) in [5.41, 5.74) is 6.64. The number of hydrogen-bond acceptors (Lipinski definition) is 5. The van der Waals surface area contributed by atoms with E-state index in [1.54, 1.807) is 26.0 Å². The quantitative estimate of drug-likeness (QED) is 0.808. The molecule has 1 aliphatic rings. The van der Waals surface area contributed by atoms with Gasteiger partial charge in [0.2, 0.25) is 5.91 Å². The molecule has 2 rings (SSSR count). The summed E-state index contributed by atoms with van der Waals surface area (Å²) in [4.78, 5) is 27.3. The lowest BCUT2D eigenvalue weighted by atomic mass is 10.0. The molecule has 2 amide bonds. The van der Waals surface area contributed by atoms with E-state index in [0.717, 1.165) is 32.4 Å². The molecule has 7 nitrogen and oxygen atoms in total. The summed E-state index contributed by atoms with van der Waals surface area (Å²) in [6.45, 7) is 4.97. The highest BCUT2D eigenvalue weighted by molar-refractivity contribution is 6.05. The van der Waals surface area contributed by atoms with Crippen LogP contribution in [-0.2, 0) is 4.79 Å². The molecule has 3 N–H and O–H groups in total. The number of nitrogens with two attached hydrogens (primary N) is 1. The molecule has 144 valence electrons. The molecular formula is C19H29N3O4. The summed E-state index contributed by atoms with van der Waals surface area (Å²) in [5, 5.41) is 2.84. The van der Waals surface area contributed by atoms with Crippen LogP contribution in [0.15, 0.2) is 12.1 Å². The molecule has 0 saturated carbocycles. The van der Waals surface area contributed by atoms with Crippen molar-refractivity contribution in [2.75, 3.05) is 32.6 Å². The number of carbonyl (C=O) groups is 2. The normalized spacial score (nSPS) is 16.6. The molecule has 0 bridgehead atoms. The molecule has 7 heteroatoms. The van der Waals surface area contributed by atoms with Crippen LogP contribution in [0, 0.1) is 5.92 Å². The minimum Gasteiger partial charge on any atom is -0.493 e. The fourth-order valence-electron chi connectivity index (χ4n) is 2.91. The summed E-state index contributed by atoms with van der Waals surface area (Å²) in [6, 6.07) is 2.96. The lowest BCUT2D eigenvalue weighted by Crippen LogP contribution is -2.37. The third kappa shape index (κ3) is 4.46. The van der Waals surface area contributed by atoms with Gasteiger partial charge >= 0.3 is 0 Å². The molecule has 2 unspecified atom stereocenters. The molecular weight excluding hydrogens is 334 g/mol. The van der Waals surface area contributed by atoms with Crippen molar-refractivity contribution in [2.45, 2.75) is 39.2 Å². The highest BCUT2D eigenvalue weighted by Gasteiger charge is 2.25. The number of methoxy groups -OCH3 is 2. The van der Waals surface area contributed by atoms with Gasteiger partial charge in [-0.15, -0.1) is 0 Å². The molecule has 0 radical (unpaired) electrons. The summed E-state index contributed by atoms with van der Waals surface area (Å²) in [6.07, 6.45) is 3.11. The number of likely N-dealkylation sites (tertiary alicyclic amines) is 1. The Bertz CT molecular complexity index is 654. The Morgan fingerprint density at radius 3 is 2.19 bits per heavy atom. The molecule has 1 heterocycles. The smallest absolute Gasteiger partial charge is 0.256 e. The number of piperidine rings is 1. The van der Waals surface area contributed by atoms with Gasteiger partial charge in [0, 0.05) is 25.2 Å². The van der Waals surface area contributed by atoms with Crippen LogP contribution in [0.5, 0.6) is 11.5 Å². The first kappa shape index (κ1) is 20.0. The van der Waals surface area contributed by atoms with E-state index < -0.39 is 0 Å². The Hall–Kier alpha value is -2.28. The van der Waals surface area contributed by atoms with Crippen molar-refractivity contribution in [1.82, 2.24) is 4.90 Å².